The van der Waals surface area contributed by atoms with Crippen LogP contribution in [0.1, 0.15) is 17.8 Å². The van der Waals surface area contributed by atoms with Gasteiger partial charge < -0.3 is 14.8 Å². The smallest absolute Gasteiger partial charge is 0.362 e. The Morgan fingerprint density at radius 2 is 1.84 bits per heavy atom. The second kappa shape index (κ2) is 8.48. The lowest BCUT2D eigenvalue weighted by Crippen LogP contribution is -2.49. The number of nitrogens with zero attached hydrogens (tertiary/aromatic N) is 4. The molecule has 1 aromatic heterocycles. The predicted molar refractivity (Wildman–Crippen MR) is 111 cm³/mol. The number of nitrogens with one attached hydrogen (secondary N) is 1. The van der Waals surface area contributed by atoms with Gasteiger partial charge in [-0.15, -0.1) is 0 Å². The molecule has 1 aliphatic rings. The number of fused-ring (bicyclic) bond motifs is 1. The lowest BCUT2D eigenvalue weighted by atomic mass is 10.1. The van der Waals surface area contributed by atoms with Crippen molar-refractivity contribution in [1.29, 1.82) is 0 Å². The lowest BCUT2D eigenvalue weighted by Gasteiger charge is -2.36. The number of aromatic amines is 1. The molecule has 1 fully saturated rings. The Hall–Kier alpha value is -3.63. The highest BCUT2D eigenvalue weighted by Crippen LogP contribution is 2.36. The minimum absolute atomic E-state index is 0.0629. The van der Waals surface area contributed by atoms with Crippen molar-refractivity contribution >= 4 is 28.3 Å². The van der Waals surface area contributed by atoms with Crippen molar-refractivity contribution < 1.29 is 22.9 Å². The van der Waals surface area contributed by atoms with E-state index in [1.54, 1.807) is 9.80 Å². The molecule has 8 nitrogen and oxygen atoms in total. The van der Waals surface area contributed by atoms with E-state index in [0.29, 0.717) is 38.7 Å². The zero-order chi connectivity index (χ0) is 22.9. The molecule has 0 saturated carbocycles. The standard InChI is InChI=1S/C21H20F3N5O3/c22-21(23,24)14-5-6-17(18(13-14)29(31)32)27-9-11-28(12-10-27)20(30)8-7-19-25-15-3-1-2-4-16(15)26-19/h1-6,13H,7-12H2,(H,25,26). The predicted octanol–water partition coefficient (Wildman–Crippen LogP) is 3.77. The number of benzene rings is 2. The second-order valence-electron chi connectivity index (χ2n) is 7.53. The fourth-order valence-corrected chi connectivity index (χ4v) is 3.82. The first kappa shape index (κ1) is 21.6. The highest BCUT2D eigenvalue weighted by molar-refractivity contribution is 5.78. The van der Waals surface area contributed by atoms with Crippen molar-refractivity contribution in [2.24, 2.45) is 0 Å². The van der Waals surface area contributed by atoms with Gasteiger partial charge in [-0.05, 0) is 24.3 Å². The Morgan fingerprint density at radius 3 is 2.50 bits per heavy atom. The summed E-state index contributed by atoms with van der Waals surface area (Å²) in [6.07, 6.45) is -3.94. The maximum atomic E-state index is 12.9. The van der Waals surface area contributed by atoms with Gasteiger partial charge >= 0.3 is 6.18 Å². The van der Waals surface area contributed by atoms with Gasteiger partial charge in [0.05, 0.1) is 21.5 Å². The summed E-state index contributed by atoms with van der Waals surface area (Å²) in [5.41, 5.74) is 0.206. The normalized spacial score (nSPS) is 14.7. The molecule has 1 amide bonds. The van der Waals surface area contributed by atoms with Crippen molar-refractivity contribution in [1.82, 2.24) is 14.9 Å². The van der Waals surface area contributed by atoms with Crippen LogP contribution >= 0.6 is 0 Å². The third-order valence-electron chi connectivity index (χ3n) is 5.49. The molecule has 2 aromatic carbocycles. The van der Waals surface area contributed by atoms with Gasteiger partial charge in [-0.3, -0.25) is 14.9 Å². The van der Waals surface area contributed by atoms with Crippen molar-refractivity contribution in [3.8, 4) is 0 Å². The first-order valence-corrected chi connectivity index (χ1v) is 10.0. The Morgan fingerprint density at radius 1 is 1.12 bits per heavy atom. The van der Waals surface area contributed by atoms with E-state index < -0.39 is 22.4 Å². The zero-order valence-corrected chi connectivity index (χ0v) is 16.9. The molecule has 2 heterocycles. The molecule has 1 saturated heterocycles. The summed E-state index contributed by atoms with van der Waals surface area (Å²) in [6.45, 7) is 1.25. The number of rotatable bonds is 5. The number of H-pyrrole nitrogens is 1. The number of nitro benzene ring substituents is 1. The van der Waals surface area contributed by atoms with E-state index in [2.05, 4.69) is 9.97 Å². The van der Waals surface area contributed by atoms with Crippen LogP contribution in [0.4, 0.5) is 24.5 Å². The summed E-state index contributed by atoms with van der Waals surface area (Å²) < 4.78 is 38.7. The molecule has 0 bridgehead atoms. The highest BCUT2D eigenvalue weighted by Gasteiger charge is 2.34. The second-order valence-corrected chi connectivity index (χ2v) is 7.53. The molecule has 1 aliphatic heterocycles. The molecule has 11 heteroatoms. The van der Waals surface area contributed by atoms with Crippen LogP contribution in [0, 0.1) is 10.1 Å². The zero-order valence-electron chi connectivity index (χ0n) is 16.9. The van der Waals surface area contributed by atoms with E-state index in [0.717, 1.165) is 29.0 Å². The van der Waals surface area contributed by atoms with Crippen molar-refractivity contribution in [3.63, 3.8) is 0 Å². The monoisotopic (exact) mass is 447 g/mol. The first-order valence-electron chi connectivity index (χ1n) is 10.0. The lowest BCUT2D eigenvalue weighted by molar-refractivity contribution is -0.384. The van der Waals surface area contributed by atoms with Crippen LogP contribution in [0.5, 0.6) is 0 Å². The molecule has 32 heavy (non-hydrogen) atoms. The Bertz CT molecular complexity index is 1120. The number of halogens is 3. The van der Waals surface area contributed by atoms with E-state index in [-0.39, 0.29) is 18.0 Å². The molecule has 0 unspecified atom stereocenters. The van der Waals surface area contributed by atoms with Crippen LogP contribution in [0.25, 0.3) is 11.0 Å². The maximum Gasteiger partial charge on any atom is 0.416 e. The van der Waals surface area contributed by atoms with Crippen LogP contribution in [-0.4, -0.2) is 51.9 Å². The number of carbonyl (C=O) groups excluding carboxylic acids is 1. The SMILES string of the molecule is O=C(CCc1nc2ccccc2[nH]1)N1CCN(c2ccc(C(F)(F)F)cc2[N+](=O)[O-])CC1. The quantitative estimate of drug-likeness (QED) is 0.475. The van der Waals surface area contributed by atoms with Gasteiger partial charge in [0.25, 0.3) is 5.69 Å². The number of amides is 1. The molecule has 0 atom stereocenters. The number of alkyl halides is 3. The van der Waals surface area contributed by atoms with Crippen LogP contribution in [0.15, 0.2) is 42.5 Å². The van der Waals surface area contributed by atoms with Gasteiger partial charge in [0.2, 0.25) is 5.91 Å². The average molecular weight is 447 g/mol. The average Bonchev–Trinajstić information content (AvgIpc) is 3.19. The van der Waals surface area contributed by atoms with Gasteiger partial charge in [0.1, 0.15) is 11.5 Å². The van der Waals surface area contributed by atoms with Crippen LogP contribution in [-0.2, 0) is 17.4 Å². The molecule has 0 spiro atoms. The van der Waals surface area contributed by atoms with E-state index >= 15 is 0 Å². The van der Waals surface area contributed by atoms with E-state index in [1.807, 2.05) is 24.3 Å². The molecular weight excluding hydrogens is 427 g/mol. The Kier molecular flexibility index (Phi) is 5.72. The fraction of sp³-hybridized carbons (Fsp3) is 0.333. The molecule has 0 aliphatic carbocycles. The third kappa shape index (κ3) is 4.51. The molecular formula is C21H20F3N5O3. The number of anilines is 1. The van der Waals surface area contributed by atoms with Gasteiger partial charge in [0.15, 0.2) is 0 Å². The summed E-state index contributed by atoms with van der Waals surface area (Å²) in [6, 6.07) is 10.1. The molecule has 168 valence electrons. The number of aryl methyl sites for hydroxylation is 1. The van der Waals surface area contributed by atoms with E-state index in [9.17, 15) is 28.1 Å². The fourth-order valence-electron chi connectivity index (χ4n) is 3.82. The van der Waals surface area contributed by atoms with Gasteiger partial charge in [-0.1, -0.05) is 12.1 Å². The topological polar surface area (TPSA) is 95.4 Å². The number of piperazine rings is 1. The summed E-state index contributed by atoms with van der Waals surface area (Å²) in [4.78, 5) is 34.1. The molecule has 1 N–H and O–H groups in total. The van der Waals surface area contributed by atoms with E-state index in [1.165, 1.54) is 0 Å². The van der Waals surface area contributed by atoms with Crippen molar-refractivity contribution in [3.05, 3.63) is 64.0 Å². The number of carbonyl (C=O) groups is 1. The number of hydrogen-bond donors (Lipinski definition) is 1. The highest BCUT2D eigenvalue weighted by atomic mass is 19.4. The minimum Gasteiger partial charge on any atom is -0.362 e. The van der Waals surface area contributed by atoms with Crippen LogP contribution in [0.3, 0.4) is 0 Å². The summed E-state index contributed by atoms with van der Waals surface area (Å²) in [5.74, 6) is 0.658. The number of nitro groups is 1. The van der Waals surface area contributed by atoms with Gasteiger partial charge in [-0.25, -0.2) is 4.98 Å². The Labute approximate surface area is 180 Å². The van der Waals surface area contributed by atoms with Crippen LogP contribution in [0.2, 0.25) is 0 Å². The molecule has 3 aromatic rings. The largest absolute Gasteiger partial charge is 0.416 e. The Balaban J connectivity index is 1.37. The van der Waals surface area contributed by atoms with Gasteiger partial charge in [-0.2, -0.15) is 13.2 Å². The van der Waals surface area contributed by atoms with Gasteiger partial charge in [0, 0.05) is 45.1 Å². The number of para-hydroxylation sites is 2. The molecule has 0 radical (unpaired) electrons. The van der Waals surface area contributed by atoms with Crippen molar-refractivity contribution in [2.75, 3.05) is 31.1 Å². The summed E-state index contributed by atoms with van der Waals surface area (Å²) in [5, 5.41) is 11.3. The maximum absolute atomic E-state index is 12.9. The minimum atomic E-state index is -4.66. The van der Waals surface area contributed by atoms with Crippen molar-refractivity contribution in [2.45, 2.75) is 19.0 Å². The van der Waals surface area contributed by atoms with Crippen LogP contribution < -0.4 is 4.90 Å². The molecule has 4 rings (SSSR count). The summed E-state index contributed by atoms with van der Waals surface area (Å²) in [7, 11) is 0. The first-order chi connectivity index (χ1) is 15.2. The number of aromatic nitrogens is 2. The number of imidazole rings is 1. The number of hydrogen-bond acceptors (Lipinski definition) is 5. The third-order valence-corrected chi connectivity index (χ3v) is 5.49. The summed E-state index contributed by atoms with van der Waals surface area (Å²) >= 11 is 0. The van der Waals surface area contributed by atoms with E-state index in [4.69, 9.17) is 0 Å².